The van der Waals surface area contributed by atoms with Gasteiger partial charge in [0.05, 0.1) is 17.1 Å². The van der Waals surface area contributed by atoms with Gasteiger partial charge in [0, 0.05) is 22.9 Å². The summed E-state index contributed by atoms with van der Waals surface area (Å²) in [6.45, 7) is 4.38. The Balaban J connectivity index is 0.00000392. The minimum absolute atomic E-state index is 0. The molecule has 28 heavy (non-hydrogen) atoms. The molecule has 0 aliphatic rings. The maximum atomic E-state index is 4.91. The van der Waals surface area contributed by atoms with Crippen LogP contribution in [0.5, 0.6) is 0 Å². The largest absolute Gasteiger partial charge is 0.251 e. The molecule has 0 aromatic heterocycles. The first-order chi connectivity index (χ1) is 13.3. The van der Waals surface area contributed by atoms with Gasteiger partial charge in [-0.2, -0.15) is 0 Å². The molecule has 0 amide bonds. The van der Waals surface area contributed by atoms with E-state index in [4.69, 9.17) is 9.98 Å². The predicted octanol–water partition coefficient (Wildman–Crippen LogP) is 7.30. The van der Waals surface area contributed by atoms with Crippen LogP contribution in [0.2, 0.25) is 0 Å². The van der Waals surface area contributed by atoms with Gasteiger partial charge in [0.1, 0.15) is 5.71 Å². The van der Waals surface area contributed by atoms with E-state index in [1.165, 1.54) is 19.3 Å². The molecular weight excluding hydrogens is 387 g/mol. The Hall–Kier alpha value is -2.17. The van der Waals surface area contributed by atoms with Crippen molar-refractivity contribution in [1.29, 1.82) is 0 Å². The van der Waals surface area contributed by atoms with Gasteiger partial charge in [-0.1, -0.05) is 75.4 Å². The average molecular weight is 417 g/mol. The number of hydrogen-bond donors (Lipinski definition) is 0. The molecule has 2 nitrogen and oxygen atoms in total. The van der Waals surface area contributed by atoms with Gasteiger partial charge in [-0.05, 0) is 49.4 Å². The van der Waals surface area contributed by atoms with Crippen molar-refractivity contribution in [2.45, 2.75) is 58.8 Å². The van der Waals surface area contributed by atoms with Crippen LogP contribution < -0.4 is 0 Å². The van der Waals surface area contributed by atoms with Crippen LogP contribution in [-0.2, 0) is 16.5 Å². The van der Waals surface area contributed by atoms with Crippen molar-refractivity contribution in [1.82, 2.24) is 0 Å². The zero-order chi connectivity index (χ0) is 19.2. The first-order valence-electron chi connectivity index (χ1n) is 10.1. The Morgan fingerprint density at radius 3 is 1.93 bits per heavy atom. The van der Waals surface area contributed by atoms with Crippen molar-refractivity contribution in [2.24, 2.45) is 9.98 Å². The summed E-state index contributed by atoms with van der Waals surface area (Å²) in [6.07, 6.45) is 7.64. The van der Waals surface area contributed by atoms with Gasteiger partial charge in [-0.25, -0.2) is 4.99 Å². The summed E-state index contributed by atoms with van der Waals surface area (Å²) in [5.74, 6) is 6.56. The molecule has 0 saturated carbocycles. The minimum atomic E-state index is 0. The van der Waals surface area contributed by atoms with Gasteiger partial charge in [-0.3, -0.25) is 4.99 Å². The van der Waals surface area contributed by atoms with Crippen LogP contribution in [0, 0.1) is 11.8 Å². The quantitative estimate of drug-likeness (QED) is 0.177. The van der Waals surface area contributed by atoms with Crippen molar-refractivity contribution >= 4 is 22.8 Å². The van der Waals surface area contributed by atoms with Crippen molar-refractivity contribution in [3.8, 4) is 11.8 Å². The van der Waals surface area contributed by atoms with Gasteiger partial charge in [0.25, 0.3) is 0 Å². The van der Waals surface area contributed by atoms with Crippen LogP contribution in [0.4, 0.5) is 11.4 Å². The summed E-state index contributed by atoms with van der Waals surface area (Å²) in [5, 5.41) is 0. The van der Waals surface area contributed by atoms with Crippen molar-refractivity contribution < 1.29 is 16.5 Å². The molecule has 2 aromatic rings. The summed E-state index contributed by atoms with van der Waals surface area (Å²) in [5.41, 5.74) is 3.67. The fourth-order valence-corrected chi connectivity index (χ4v) is 2.67. The second-order valence-corrected chi connectivity index (χ2v) is 6.55. The van der Waals surface area contributed by atoms with E-state index in [9.17, 15) is 0 Å². The molecule has 0 aliphatic carbocycles. The Labute approximate surface area is 180 Å². The van der Waals surface area contributed by atoms with Gasteiger partial charge < -0.3 is 0 Å². The maximum absolute atomic E-state index is 4.91. The van der Waals surface area contributed by atoms with Crippen LogP contribution in [0.3, 0.4) is 0 Å². The van der Waals surface area contributed by atoms with Crippen LogP contribution in [0.1, 0.15) is 58.8 Å². The first-order valence-corrected chi connectivity index (χ1v) is 10.1. The van der Waals surface area contributed by atoms with Crippen molar-refractivity contribution in [3.63, 3.8) is 0 Å². The first kappa shape index (κ1) is 23.9. The molecule has 0 N–H and O–H groups in total. The van der Waals surface area contributed by atoms with E-state index in [-0.39, 0.29) is 16.5 Å². The average Bonchev–Trinajstić information content (AvgIpc) is 2.71. The molecule has 2 aromatic carbocycles. The molecule has 3 heteroatoms. The fourth-order valence-electron chi connectivity index (χ4n) is 2.67. The zero-order valence-corrected chi connectivity index (χ0v) is 17.9. The molecule has 0 atom stereocenters. The van der Waals surface area contributed by atoms with Crippen LogP contribution in [0.25, 0.3) is 0 Å². The number of hydrogen-bond acceptors (Lipinski definition) is 2. The Morgan fingerprint density at radius 2 is 1.36 bits per heavy atom. The van der Waals surface area contributed by atoms with Gasteiger partial charge >= 0.3 is 0 Å². The van der Waals surface area contributed by atoms with Crippen molar-refractivity contribution in [3.05, 3.63) is 60.7 Å². The van der Waals surface area contributed by atoms with Crippen LogP contribution in [-0.4, -0.2) is 11.4 Å². The van der Waals surface area contributed by atoms with Gasteiger partial charge in [-0.15, -0.1) is 0 Å². The monoisotopic (exact) mass is 416 g/mol. The summed E-state index contributed by atoms with van der Waals surface area (Å²) >= 11 is 0. The molecule has 0 fully saturated rings. The number of unbranched alkanes of at least 4 members (excludes halogenated alkanes) is 4. The van der Waals surface area contributed by atoms with E-state index in [2.05, 4.69) is 25.7 Å². The Morgan fingerprint density at radius 1 is 0.750 bits per heavy atom. The molecule has 0 unspecified atom stereocenters. The van der Waals surface area contributed by atoms with Gasteiger partial charge in [0.15, 0.2) is 0 Å². The number of benzene rings is 2. The van der Waals surface area contributed by atoms with E-state index in [1.807, 2.05) is 60.7 Å². The fraction of sp³-hybridized carbons (Fsp3) is 0.360. The molecular formula is C25H30N2Ni. The van der Waals surface area contributed by atoms with Crippen LogP contribution >= 0.6 is 0 Å². The molecule has 0 saturated heterocycles. The topological polar surface area (TPSA) is 24.7 Å². The number of para-hydroxylation sites is 2. The standard InChI is InChI=1S/C25H30N2.Ni/c1-3-5-7-15-21-25(27-23-18-13-9-14-19-23)24(20-10-6-4-2)26-22-16-11-8-12-17-22;/h8-9,11-14,16-19H,3-7,15,21H2,1-2H3;. The Bertz CT molecular complexity index is 784. The summed E-state index contributed by atoms with van der Waals surface area (Å²) in [7, 11) is 0. The molecule has 150 valence electrons. The molecule has 0 radical (unpaired) electrons. The zero-order valence-electron chi connectivity index (χ0n) is 16.9. The molecule has 0 bridgehead atoms. The smallest absolute Gasteiger partial charge is 0.135 e. The normalized spacial score (nSPS) is 11.4. The summed E-state index contributed by atoms with van der Waals surface area (Å²) in [6, 6.07) is 20.2. The Kier molecular flexibility index (Phi) is 12.7. The van der Waals surface area contributed by atoms with Gasteiger partial charge in [0.2, 0.25) is 0 Å². The summed E-state index contributed by atoms with van der Waals surface area (Å²) in [4.78, 5) is 9.75. The number of aliphatic imine (C=N–C) groups is 2. The maximum Gasteiger partial charge on any atom is 0.135 e. The second-order valence-electron chi connectivity index (χ2n) is 6.55. The van der Waals surface area contributed by atoms with E-state index in [1.54, 1.807) is 0 Å². The molecule has 0 spiro atoms. The van der Waals surface area contributed by atoms with E-state index in [0.717, 1.165) is 48.5 Å². The third-order valence-electron chi connectivity index (χ3n) is 4.14. The minimum Gasteiger partial charge on any atom is -0.251 e. The summed E-state index contributed by atoms with van der Waals surface area (Å²) < 4.78 is 0. The van der Waals surface area contributed by atoms with Crippen molar-refractivity contribution in [2.75, 3.05) is 0 Å². The van der Waals surface area contributed by atoms with E-state index >= 15 is 0 Å². The second kappa shape index (κ2) is 14.8. The number of rotatable bonds is 9. The van der Waals surface area contributed by atoms with Crippen LogP contribution in [0.15, 0.2) is 70.6 Å². The molecule has 0 heterocycles. The SMILES string of the molecule is CCCC#CC(=Nc1ccccc1)C(CCCCCC)=Nc1ccccc1.[Ni]. The van der Waals surface area contributed by atoms with E-state index in [0.29, 0.717) is 0 Å². The number of nitrogens with zero attached hydrogens (tertiary/aromatic N) is 2. The molecule has 2 rings (SSSR count). The van der Waals surface area contributed by atoms with E-state index < -0.39 is 0 Å². The molecule has 0 aliphatic heterocycles. The third-order valence-corrected chi connectivity index (χ3v) is 4.14. The predicted molar refractivity (Wildman–Crippen MR) is 119 cm³/mol. The third kappa shape index (κ3) is 9.16.